The van der Waals surface area contributed by atoms with Crippen LogP contribution < -0.4 is 14.8 Å². The first-order valence-corrected chi connectivity index (χ1v) is 16.2. The SMILES string of the molecule is COc1cccc(OC)c1-c1cn(COCC[Si](C)(C)C)c2nc(NC(=O)[C@@H]3C[C@H]3CCO)ccc12. The average molecular weight is 512 g/mol. The lowest BCUT2D eigenvalue weighted by Crippen LogP contribution is -2.22. The molecule has 8 nitrogen and oxygen atoms in total. The third-order valence-electron chi connectivity index (χ3n) is 6.66. The number of methoxy groups -OCH3 is 2. The monoisotopic (exact) mass is 511 g/mol. The summed E-state index contributed by atoms with van der Waals surface area (Å²) in [4.78, 5) is 17.5. The number of nitrogens with one attached hydrogen (secondary N) is 1. The van der Waals surface area contributed by atoms with Crippen molar-refractivity contribution in [3.8, 4) is 22.6 Å². The molecule has 1 amide bonds. The van der Waals surface area contributed by atoms with Crippen LogP contribution in [0.2, 0.25) is 25.7 Å². The van der Waals surface area contributed by atoms with Crippen LogP contribution in [0.15, 0.2) is 36.5 Å². The molecule has 0 unspecified atom stereocenters. The van der Waals surface area contributed by atoms with E-state index in [2.05, 4.69) is 25.0 Å². The molecule has 2 N–H and O–H groups in total. The van der Waals surface area contributed by atoms with Crippen LogP contribution in [-0.4, -0.2) is 56.1 Å². The van der Waals surface area contributed by atoms with E-state index in [9.17, 15) is 4.79 Å². The molecule has 2 aromatic heterocycles. The van der Waals surface area contributed by atoms with E-state index in [1.807, 2.05) is 41.1 Å². The fourth-order valence-corrected chi connectivity index (χ4v) is 5.22. The number of anilines is 1. The molecule has 0 aliphatic heterocycles. The van der Waals surface area contributed by atoms with Crippen molar-refractivity contribution in [2.45, 2.75) is 45.3 Å². The van der Waals surface area contributed by atoms with Gasteiger partial charge < -0.3 is 29.2 Å². The number of ether oxygens (including phenoxy) is 3. The Balaban J connectivity index is 1.68. The molecule has 2 heterocycles. The van der Waals surface area contributed by atoms with E-state index in [-0.39, 0.29) is 24.3 Å². The lowest BCUT2D eigenvalue weighted by molar-refractivity contribution is -0.117. The number of fused-ring (bicyclic) bond motifs is 1. The maximum atomic E-state index is 12.7. The third kappa shape index (κ3) is 5.91. The van der Waals surface area contributed by atoms with E-state index < -0.39 is 8.07 Å². The van der Waals surface area contributed by atoms with Crippen LogP contribution in [0.1, 0.15) is 12.8 Å². The van der Waals surface area contributed by atoms with Gasteiger partial charge in [0.1, 0.15) is 29.7 Å². The normalized spacial score (nSPS) is 17.3. The van der Waals surface area contributed by atoms with Crippen LogP contribution >= 0.6 is 0 Å². The molecule has 1 aliphatic carbocycles. The number of carbonyl (C=O) groups is 1. The van der Waals surface area contributed by atoms with Crippen molar-refractivity contribution >= 4 is 30.8 Å². The first kappa shape index (κ1) is 26.2. The number of aliphatic hydroxyl groups excluding tert-OH is 1. The van der Waals surface area contributed by atoms with Crippen molar-refractivity contribution in [2.75, 3.05) is 32.8 Å². The lowest BCUT2D eigenvalue weighted by Gasteiger charge is -2.15. The van der Waals surface area contributed by atoms with Crippen molar-refractivity contribution in [3.05, 3.63) is 36.5 Å². The first-order valence-electron chi connectivity index (χ1n) is 12.5. The zero-order valence-corrected chi connectivity index (χ0v) is 22.8. The van der Waals surface area contributed by atoms with Crippen LogP contribution in [-0.2, 0) is 16.3 Å². The number of aliphatic hydroxyl groups is 1. The second kappa shape index (κ2) is 11.0. The van der Waals surface area contributed by atoms with E-state index >= 15 is 0 Å². The second-order valence-corrected chi connectivity index (χ2v) is 16.2. The lowest BCUT2D eigenvalue weighted by atomic mass is 10.0. The highest BCUT2D eigenvalue weighted by Gasteiger charge is 2.42. The first-order chi connectivity index (χ1) is 17.3. The fraction of sp³-hybridized carbons (Fsp3) is 0.481. The molecule has 194 valence electrons. The fourth-order valence-electron chi connectivity index (χ4n) is 4.46. The minimum atomic E-state index is -1.21. The van der Waals surface area contributed by atoms with Crippen molar-refractivity contribution in [2.24, 2.45) is 11.8 Å². The Labute approximate surface area is 213 Å². The molecule has 0 bridgehead atoms. The predicted octanol–water partition coefficient (Wildman–Crippen LogP) is 4.99. The molecule has 2 atom stereocenters. The molecule has 9 heteroatoms. The highest BCUT2D eigenvalue weighted by atomic mass is 28.3. The van der Waals surface area contributed by atoms with E-state index in [0.29, 0.717) is 42.7 Å². The van der Waals surface area contributed by atoms with Crippen molar-refractivity contribution < 1.29 is 24.1 Å². The van der Waals surface area contributed by atoms with Gasteiger partial charge in [-0.3, -0.25) is 4.79 Å². The van der Waals surface area contributed by atoms with Gasteiger partial charge >= 0.3 is 0 Å². The van der Waals surface area contributed by atoms with E-state index in [4.69, 9.17) is 24.3 Å². The van der Waals surface area contributed by atoms with Crippen LogP contribution in [0.5, 0.6) is 11.5 Å². The summed E-state index contributed by atoms with van der Waals surface area (Å²) in [6, 6.07) is 10.6. The summed E-state index contributed by atoms with van der Waals surface area (Å²) in [6.07, 6.45) is 3.48. The van der Waals surface area contributed by atoms with Crippen LogP contribution in [0.25, 0.3) is 22.2 Å². The maximum Gasteiger partial charge on any atom is 0.228 e. The maximum absolute atomic E-state index is 12.7. The molecule has 1 aromatic carbocycles. The number of rotatable bonds is 12. The Morgan fingerprint density at radius 1 is 1.17 bits per heavy atom. The number of pyridine rings is 1. The number of hydrogen-bond acceptors (Lipinski definition) is 6. The molecule has 0 spiro atoms. The van der Waals surface area contributed by atoms with Gasteiger partial charge in [-0.15, -0.1) is 0 Å². The largest absolute Gasteiger partial charge is 0.496 e. The van der Waals surface area contributed by atoms with Crippen LogP contribution in [0, 0.1) is 11.8 Å². The molecule has 0 radical (unpaired) electrons. The zero-order chi connectivity index (χ0) is 25.9. The molecular weight excluding hydrogens is 474 g/mol. The zero-order valence-electron chi connectivity index (χ0n) is 21.8. The Bertz CT molecular complexity index is 1200. The van der Waals surface area contributed by atoms with E-state index in [1.165, 1.54) is 0 Å². The Morgan fingerprint density at radius 2 is 1.89 bits per heavy atom. The summed E-state index contributed by atoms with van der Waals surface area (Å²) in [5, 5.41) is 13.0. The topological polar surface area (TPSA) is 94.8 Å². The van der Waals surface area contributed by atoms with E-state index in [1.54, 1.807) is 14.2 Å². The summed E-state index contributed by atoms with van der Waals surface area (Å²) in [5.41, 5.74) is 2.48. The predicted molar refractivity (Wildman–Crippen MR) is 144 cm³/mol. The van der Waals surface area contributed by atoms with Gasteiger partial charge in [0, 0.05) is 44.4 Å². The van der Waals surface area contributed by atoms with Gasteiger partial charge in [-0.2, -0.15) is 0 Å². The molecular formula is C27H37N3O5Si. The van der Waals surface area contributed by atoms with Gasteiger partial charge in [-0.1, -0.05) is 25.7 Å². The number of benzene rings is 1. The summed E-state index contributed by atoms with van der Waals surface area (Å²) >= 11 is 0. The molecule has 1 saturated carbocycles. The highest BCUT2D eigenvalue weighted by molar-refractivity contribution is 6.76. The third-order valence-corrected chi connectivity index (χ3v) is 8.36. The van der Waals surface area contributed by atoms with Gasteiger partial charge in [-0.05, 0) is 49.1 Å². The smallest absolute Gasteiger partial charge is 0.228 e. The van der Waals surface area contributed by atoms with E-state index in [0.717, 1.165) is 29.0 Å². The van der Waals surface area contributed by atoms with Crippen molar-refractivity contribution in [1.29, 1.82) is 0 Å². The molecule has 0 saturated heterocycles. The van der Waals surface area contributed by atoms with Gasteiger partial charge in [-0.25, -0.2) is 4.98 Å². The molecule has 36 heavy (non-hydrogen) atoms. The summed E-state index contributed by atoms with van der Waals surface area (Å²) < 4.78 is 19.4. The van der Waals surface area contributed by atoms with Crippen LogP contribution in [0.4, 0.5) is 5.82 Å². The number of aromatic nitrogens is 2. The molecule has 1 aliphatic rings. The summed E-state index contributed by atoms with van der Waals surface area (Å²) in [6.45, 7) is 8.13. The molecule has 3 aromatic rings. The Kier molecular flexibility index (Phi) is 8.02. The molecule has 4 rings (SSSR count). The minimum Gasteiger partial charge on any atom is -0.496 e. The quantitative estimate of drug-likeness (QED) is 0.263. The number of carbonyl (C=O) groups excluding carboxylic acids is 1. The second-order valence-electron chi connectivity index (χ2n) is 10.6. The summed E-state index contributed by atoms with van der Waals surface area (Å²) in [5.74, 6) is 2.06. The summed E-state index contributed by atoms with van der Waals surface area (Å²) in [7, 11) is 2.08. The molecule has 1 fully saturated rings. The van der Waals surface area contributed by atoms with Crippen molar-refractivity contribution in [3.63, 3.8) is 0 Å². The average Bonchev–Trinajstić information content (AvgIpc) is 3.54. The van der Waals surface area contributed by atoms with Gasteiger partial charge in [0.25, 0.3) is 0 Å². The van der Waals surface area contributed by atoms with Gasteiger partial charge in [0.15, 0.2) is 0 Å². The Hall–Kier alpha value is -2.88. The number of hydrogen-bond donors (Lipinski definition) is 2. The highest BCUT2D eigenvalue weighted by Crippen LogP contribution is 2.43. The van der Waals surface area contributed by atoms with Gasteiger partial charge in [0.2, 0.25) is 5.91 Å². The number of amides is 1. The number of nitrogens with zero attached hydrogens (tertiary/aromatic N) is 2. The minimum absolute atomic E-state index is 0.0450. The van der Waals surface area contributed by atoms with Crippen LogP contribution in [0.3, 0.4) is 0 Å². The Morgan fingerprint density at radius 3 is 2.53 bits per heavy atom. The van der Waals surface area contributed by atoms with Gasteiger partial charge in [0.05, 0.1) is 19.8 Å². The van der Waals surface area contributed by atoms with Crippen molar-refractivity contribution in [1.82, 2.24) is 9.55 Å². The standard InChI is InChI=1S/C27H37N3O5Si/c1-33-22-7-6-8-23(34-2)25(22)21-16-30(17-35-13-14-36(3,4)5)26-19(21)9-10-24(28-26)29-27(32)20-15-18(20)11-12-31/h6-10,16,18,20,31H,11-15,17H2,1-5H3,(H,28,29,32)/t18-,20-/m1/s1.